The van der Waals surface area contributed by atoms with Crippen molar-refractivity contribution in [2.24, 2.45) is 10.7 Å². The number of amides is 1. The molecular formula is C35H42N4O7S. The van der Waals surface area contributed by atoms with Gasteiger partial charge in [0.2, 0.25) is 5.96 Å². The Balaban J connectivity index is 1.17. The number of hydrogen-bond donors (Lipinski definition) is 3. The fourth-order valence-corrected chi connectivity index (χ4v) is 8.05. The number of carbonyl (C=O) groups excluding carboxylic acids is 2. The van der Waals surface area contributed by atoms with E-state index < -0.39 is 33.7 Å². The molecular weight excluding hydrogens is 620 g/mol. The average molecular weight is 663 g/mol. The maximum Gasteiger partial charge on any atom is 0.407 e. The molecule has 1 aliphatic heterocycles. The second-order valence-electron chi connectivity index (χ2n) is 12.6. The summed E-state index contributed by atoms with van der Waals surface area (Å²) >= 11 is 0. The number of hydrogen-bond acceptors (Lipinski definition) is 8. The van der Waals surface area contributed by atoms with Gasteiger partial charge in [0.1, 0.15) is 24.0 Å². The Kier molecular flexibility index (Phi) is 9.53. The van der Waals surface area contributed by atoms with Crippen LogP contribution in [0.15, 0.2) is 58.4 Å². The predicted molar refractivity (Wildman–Crippen MR) is 179 cm³/mol. The van der Waals surface area contributed by atoms with E-state index in [0.29, 0.717) is 29.7 Å². The third-order valence-corrected chi connectivity index (χ3v) is 10.5. The molecule has 12 heteroatoms. The summed E-state index contributed by atoms with van der Waals surface area (Å²) in [5, 5.41) is 2.59. The van der Waals surface area contributed by atoms with Crippen LogP contribution in [0.5, 0.6) is 5.75 Å². The number of guanidine groups is 1. The van der Waals surface area contributed by atoms with Gasteiger partial charge in [0, 0.05) is 30.0 Å². The van der Waals surface area contributed by atoms with Gasteiger partial charge in [0.25, 0.3) is 10.0 Å². The van der Waals surface area contributed by atoms with E-state index in [4.69, 9.17) is 19.9 Å². The first-order valence-electron chi connectivity index (χ1n) is 15.6. The zero-order valence-corrected chi connectivity index (χ0v) is 28.4. The fraction of sp³-hybridized carbons (Fsp3) is 0.400. The summed E-state index contributed by atoms with van der Waals surface area (Å²) in [6.07, 6.45) is 0.400. The minimum atomic E-state index is -4.07. The Morgan fingerprint density at radius 1 is 1.02 bits per heavy atom. The second kappa shape index (κ2) is 13.3. The fourth-order valence-electron chi connectivity index (χ4n) is 6.56. The third-order valence-electron chi connectivity index (χ3n) is 8.85. The number of ether oxygens (including phenoxy) is 3. The molecule has 1 aliphatic carbocycles. The molecule has 3 aromatic rings. The van der Waals surface area contributed by atoms with E-state index in [1.165, 1.54) is 7.11 Å². The van der Waals surface area contributed by atoms with Crippen LogP contribution in [0.1, 0.15) is 66.0 Å². The van der Waals surface area contributed by atoms with Gasteiger partial charge in [-0.15, -0.1) is 0 Å². The molecule has 5 rings (SSSR count). The third kappa shape index (κ3) is 6.92. The van der Waals surface area contributed by atoms with E-state index in [1.54, 1.807) is 13.8 Å². The molecule has 47 heavy (non-hydrogen) atoms. The highest BCUT2D eigenvalue weighted by Gasteiger charge is 2.37. The first-order valence-corrected chi connectivity index (χ1v) is 17.1. The number of alkyl carbamates (subject to hydrolysis) is 1. The molecule has 0 saturated carbocycles. The summed E-state index contributed by atoms with van der Waals surface area (Å²) in [5.41, 5.74) is 13.0. The van der Waals surface area contributed by atoms with E-state index in [2.05, 4.69) is 15.0 Å². The number of fused-ring (bicyclic) bond motifs is 4. The van der Waals surface area contributed by atoms with Gasteiger partial charge in [-0.25, -0.2) is 22.7 Å². The highest BCUT2D eigenvalue weighted by molar-refractivity contribution is 7.90. The summed E-state index contributed by atoms with van der Waals surface area (Å²) in [7, 11) is -2.84. The van der Waals surface area contributed by atoms with Crippen molar-refractivity contribution in [3.8, 4) is 16.9 Å². The average Bonchev–Trinajstić information content (AvgIpc) is 3.53. The number of methoxy groups -OCH3 is 1. The topological polar surface area (TPSA) is 158 Å². The Labute approximate surface area is 275 Å². The number of benzene rings is 3. The summed E-state index contributed by atoms with van der Waals surface area (Å²) in [6, 6.07) is 15.0. The first kappa shape index (κ1) is 33.8. The molecule has 0 fully saturated rings. The quantitative estimate of drug-likeness (QED) is 0.121. The lowest BCUT2D eigenvalue weighted by molar-refractivity contribution is -0.143. The normalized spacial score (nSPS) is 15.6. The van der Waals surface area contributed by atoms with Crippen LogP contribution in [0, 0.1) is 20.8 Å². The number of rotatable bonds is 10. The summed E-state index contributed by atoms with van der Waals surface area (Å²) < 4.78 is 45.8. The lowest BCUT2D eigenvalue weighted by atomic mass is 9.93. The van der Waals surface area contributed by atoms with E-state index in [9.17, 15) is 18.0 Å². The molecule has 0 bridgehead atoms. The number of nitrogens with two attached hydrogens (primary N) is 1. The molecule has 250 valence electrons. The van der Waals surface area contributed by atoms with Gasteiger partial charge in [0.05, 0.1) is 12.0 Å². The van der Waals surface area contributed by atoms with Crippen molar-refractivity contribution in [3.63, 3.8) is 0 Å². The number of sulfonamides is 1. The van der Waals surface area contributed by atoms with E-state index in [0.717, 1.165) is 33.4 Å². The highest BCUT2D eigenvalue weighted by atomic mass is 32.2. The van der Waals surface area contributed by atoms with Crippen LogP contribution in [-0.4, -0.2) is 58.3 Å². The van der Waals surface area contributed by atoms with Crippen molar-refractivity contribution in [2.75, 3.05) is 20.3 Å². The van der Waals surface area contributed by atoms with Crippen LogP contribution in [0.2, 0.25) is 0 Å². The molecule has 0 spiro atoms. The van der Waals surface area contributed by atoms with Crippen molar-refractivity contribution in [3.05, 3.63) is 81.9 Å². The number of nitrogens with zero attached hydrogens (tertiary/aromatic N) is 1. The highest BCUT2D eigenvalue weighted by Crippen LogP contribution is 2.45. The van der Waals surface area contributed by atoms with Gasteiger partial charge >= 0.3 is 12.1 Å². The monoisotopic (exact) mass is 662 g/mol. The van der Waals surface area contributed by atoms with Crippen LogP contribution < -0.4 is 20.5 Å². The molecule has 0 aromatic heterocycles. The molecule has 3 aromatic carbocycles. The van der Waals surface area contributed by atoms with Crippen molar-refractivity contribution < 1.29 is 32.2 Å². The molecule has 1 amide bonds. The number of esters is 1. The van der Waals surface area contributed by atoms with E-state index in [1.807, 2.05) is 69.3 Å². The van der Waals surface area contributed by atoms with Gasteiger partial charge in [-0.1, -0.05) is 48.5 Å². The van der Waals surface area contributed by atoms with Gasteiger partial charge < -0.3 is 25.3 Å². The zero-order chi connectivity index (χ0) is 34.1. The Morgan fingerprint density at radius 2 is 1.64 bits per heavy atom. The van der Waals surface area contributed by atoms with Crippen LogP contribution in [0.25, 0.3) is 11.1 Å². The maximum absolute atomic E-state index is 13.4. The van der Waals surface area contributed by atoms with Crippen LogP contribution in [0.3, 0.4) is 0 Å². The van der Waals surface area contributed by atoms with E-state index in [-0.39, 0.29) is 36.3 Å². The maximum atomic E-state index is 13.4. The number of aliphatic imine (C=N–C) groups is 1. The number of carbonyl (C=O) groups is 2. The summed E-state index contributed by atoms with van der Waals surface area (Å²) in [5.74, 6) is -0.466. The van der Waals surface area contributed by atoms with E-state index >= 15 is 0 Å². The molecule has 2 aliphatic rings. The molecule has 0 saturated heterocycles. The lowest BCUT2D eigenvalue weighted by Crippen LogP contribution is -2.42. The van der Waals surface area contributed by atoms with Gasteiger partial charge in [-0.3, -0.25) is 4.99 Å². The smallest absolute Gasteiger partial charge is 0.407 e. The molecule has 1 heterocycles. The van der Waals surface area contributed by atoms with Crippen molar-refractivity contribution >= 4 is 28.0 Å². The minimum Gasteiger partial charge on any atom is -0.487 e. The molecule has 1 atom stereocenters. The molecule has 11 nitrogen and oxygen atoms in total. The predicted octanol–water partition coefficient (Wildman–Crippen LogP) is 4.78. The summed E-state index contributed by atoms with van der Waals surface area (Å²) in [6.45, 7) is 9.52. The van der Waals surface area contributed by atoms with Crippen molar-refractivity contribution in [1.29, 1.82) is 0 Å². The SMILES string of the molecule is COC(=O)[C@H](CCCN=C(N)NS(=O)(=O)c1c(C)c(C)c2c(c1C)OC(C)(C)C2)NC(=O)OCC1c2ccccc2-c2ccccc21. The largest absolute Gasteiger partial charge is 0.487 e. The summed E-state index contributed by atoms with van der Waals surface area (Å²) in [4.78, 5) is 29.5. The first-order chi connectivity index (χ1) is 22.2. The van der Waals surface area contributed by atoms with Crippen molar-refractivity contribution in [1.82, 2.24) is 10.0 Å². The molecule has 0 unspecified atom stereocenters. The van der Waals surface area contributed by atoms with Gasteiger partial charge in [-0.2, -0.15) is 0 Å². The van der Waals surface area contributed by atoms with Gasteiger partial charge in [0.15, 0.2) is 0 Å². The Hall–Kier alpha value is -4.58. The van der Waals surface area contributed by atoms with Crippen LogP contribution in [0.4, 0.5) is 4.79 Å². The Bertz CT molecular complexity index is 1810. The van der Waals surface area contributed by atoms with Crippen LogP contribution in [-0.2, 0) is 30.7 Å². The molecule has 0 radical (unpaired) electrons. The lowest BCUT2D eigenvalue weighted by Gasteiger charge is -2.20. The standard InChI is InChI=1S/C35H42N4O7S/c1-20-21(2)31(22(3)30-27(20)18-35(4,5)46-30)47(42,43)39-33(36)37-17-11-16-29(32(40)44-6)38-34(41)45-19-28-25-14-9-7-12-23(25)24-13-8-10-15-26(24)28/h7-10,12-15,28-29H,11,16-19H2,1-6H3,(H,38,41)(H3,36,37,39)/t29-/m0/s1. The van der Waals surface area contributed by atoms with Crippen molar-refractivity contribution in [2.45, 2.75) is 76.3 Å². The zero-order valence-electron chi connectivity index (χ0n) is 27.6. The molecule has 4 N–H and O–H groups in total. The number of nitrogens with one attached hydrogen (secondary N) is 2. The van der Waals surface area contributed by atoms with Gasteiger partial charge in [-0.05, 0) is 80.8 Å². The second-order valence-corrected chi connectivity index (χ2v) is 14.2. The van der Waals surface area contributed by atoms with Crippen LogP contribution >= 0.6 is 0 Å². The minimum absolute atomic E-state index is 0.0900. The Morgan fingerprint density at radius 3 is 2.26 bits per heavy atom.